The first kappa shape index (κ1) is 14.7. The number of nitrogens with zero attached hydrogens (tertiary/aromatic N) is 1. The molecule has 19 heavy (non-hydrogen) atoms. The second kappa shape index (κ2) is 5.38. The van der Waals surface area contributed by atoms with Crippen molar-refractivity contribution in [1.82, 2.24) is 4.31 Å². The molecule has 0 saturated heterocycles. The molecule has 7 heteroatoms. The van der Waals surface area contributed by atoms with E-state index in [0.717, 1.165) is 25.3 Å². The minimum atomic E-state index is -3.84. The monoisotopic (exact) mass is 350 g/mol. The van der Waals surface area contributed by atoms with E-state index in [1.54, 1.807) is 0 Å². The number of halogens is 2. The highest BCUT2D eigenvalue weighted by Crippen LogP contribution is 2.31. The van der Waals surface area contributed by atoms with Crippen molar-refractivity contribution in [2.75, 3.05) is 19.3 Å². The summed E-state index contributed by atoms with van der Waals surface area (Å²) >= 11 is 2.98. The molecule has 1 aliphatic rings. The van der Waals surface area contributed by atoms with Crippen LogP contribution in [0.25, 0.3) is 0 Å². The second-order valence-corrected chi connectivity index (χ2v) is 7.76. The predicted octanol–water partition coefficient (Wildman–Crippen LogP) is 2.59. The van der Waals surface area contributed by atoms with Gasteiger partial charge in [-0.05, 0) is 46.8 Å². The topological polar surface area (TPSA) is 63.4 Å². The molecular weight excluding hydrogens is 335 g/mol. The average Bonchev–Trinajstić information content (AvgIpc) is 2.27. The van der Waals surface area contributed by atoms with Crippen molar-refractivity contribution in [3.63, 3.8) is 0 Å². The smallest absolute Gasteiger partial charge is 0.245 e. The van der Waals surface area contributed by atoms with Crippen molar-refractivity contribution in [2.24, 2.45) is 5.92 Å². The fourth-order valence-electron chi connectivity index (χ4n) is 2.08. The van der Waals surface area contributed by atoms with Gasteiger partial charge >= 0.3 is 0 Å². The highest BCUT2D eigenvalue weighted by Gasteiger charge is 2.29. The Morgan fingerprint density at radius 1 is 1.47 bits per heavy atom. The summed E-state index contributed by atoms with van der Waals surface area (Å²) in [6, 6.07) is 2.51. The number of hydrogen-bond donors (Lipinski definition) is 1. The lowest BCUT2D eigenvalue weighted by Crippen LogP contribution is -2.34. The number of nitrogens with two attached hydrogens (primary N) is 1. The first-order valence-corrected chi connectivity index (χ1v) is 8.26. The summed E-state index contributed by atoms with van der Waals surface area (Å²) in [6.07, 6.45) is 3.20. The number of hydrogen-bond acceptors (Lipinski definition) is 3. The van der Waals surface area contributed by atoms with E-state index < -0.39 is 15.8 Å². The van der Waals surface area contributed by atoms with E-state index in [1.807, 2.05) is 0 Å². The fraction of sp³-hybridized carbons (Fsp3) is 0.500. The van der Waals surface area contributed by atoms with E-state index in [1.165, 1.54) is 17.4 Å². The van der Waals surface area contributed by atoms with Crippen LogP contribution < -0.4 is 5.73 Å². The summed E-state index contributed by atoms with van der Waals surface area (Å²) in [6.45, 7) is 0.425. The van der Waals surface area contributed by atoms with Crippen LogP contribution in [-0.2, 0) is 10.0 Å². The Hall–Kier alpha value is -0.660. The number of sulfonamides is 1. The van der Waals surface area contributed by atoms with Gasteiger partial charge in [-0.1, -0.05) is 6.42 Å². The van der Waals surface area contributed by atoms with Crippen molar-refractivity contribution in [3.05, 3.63) is 22.4 Å². The number of anilines is 1. The van der Waals surface area contributed by atoms with Gasteiger partial charge in [-0.25, -0.2) is 17.1 Å². The lowest BCUT2D eigenvalue weighted by Gasteiger charge is -2.29. The fourth-order valence-corrected chi connectivity index (χ4v) is 4.05. The number of nitrogen functional groups attached to an aromatic ring is 1. The van der Waals surface area contributed by atoms with Gasteiger partial charge in [0.2, 0.25) is 10.0 Å². The van der Waals surface area contributed by atoms with Gasteiger partial charge in [0, 0.05) is 19.3 Å². The lowest BCUT2D eigenvalue weighted by molar-refractivity contribution is 0.262. The van der Waals surface area contributed by atoms with Crippen LogP contribution in [0, 0.1) is 11.7 Å². The van der Waals surface area contributed by atoms with Crippen LogP contribution in [0.5, 0.6) is 0 Å². The predicted molar refractivity (Wildman–Crippen MR) is 75.7 cm³/mol. The Balaban J connectivity index is 2.32. The van der Waals surface area contributed by atoms with Crippen molar-refractivity contribution < 1.29 is 12.8 Å². The van der Waals surface area contributed by atoms with Gasteiger partial charge in [0.25, 0.3) is 0 Å². The third-order valence-corrected chi connectivity index (χ3v) is 5.85. The van der Waals surface area contributed by atoms with Gasteiger partial charge in [0.05, 0.1) is 4.47 Å². The third kappa shape index (κ3) is 2.93. The molecular formula is C12H16BrFN2O2S. The molecule has 0 unspecified atom stereocenters. The molecule has 1 aromatic carbocycles. The van der Waals surface area contributed by atoms with Crippen LogP contribution in [0.2, 0.25) is 0 Å². The molecule has 1 aliphatic carbocycles. The molecule has 0 aliphatic heterocycles. The Morgan fingerprint density at radius 3 is 2.63 bits per heavy atom. The molecule has 1 fully saturated rings. The lowest BCUT2D eigenvalue weighted by atomic mass is 9.86. The molecule has 0 radical (unpaired) electrons. The first-order chi connectivity index (χ1) is 8.82. The van der Waals surface area contributed by atoms with E-state index >= 15 is 0 Å². The van der Waals surface area contributed by atoms with Gasteiger partial charge < -0.3 is 5.73 Å². The van der Waals surface area contributed by atoms with Crippen LogP contribution in [0.4, 0.5) is 10.1 Å². The van der Waals surface area contributed by atoms with Crippen LogP contribution in [0.1, 0.15) is 19.3 Å². The first-order valence-electron chi connectivity index (χ1n) is 6.03. The third-order valence-electron chi connectivity index (χ3n) is 3.45. The summed E-state index contributed by atoms with van der Waals surface area (Å²) in [7, 11) is -2.36. The summed E-state index contributed by atoms with van der Waals surface area (Å²) < 4.78 is 39.9. The van der Waals surface area contributed by atoms with E-state index in [-0.39, 0.29) is 15.1 Å². The molecule has 1 aromatic rings. The van der Waals surface area contributed by atoms with Gasteiger partial charge in [-0.15, -0.1) is 0 Å². The zero-order valence-corrected chi connectivity index (χ0v) is 13.0. The molecule has 0 atom stereocenters. The highest BCUT2D eigenvalue weighted by molar-refractivity contribution is 9.10. The molecule has 1 saturated carbocycles. The molecule has 0 aromatic heterocycles. The quantitative estimate of drug-likeness (QED) is 0.848. The zero-order chi connectivity index (χ0) is 14.2. The van der Waals surface area contributed by atoms with E-state index in [9.17, 15) is 12.8 Å². The van der Waals surface area contributed by atoms with Crippen molar-refractivity contribution in [2.45, 2.75) is 24.2 Å². The molecule has 106 valence electrons. The second-order valence-electron chi connectivity index (χ2n) is 4.90. The minimum absolute atomic E-state index is 0.0584. The van der Waals surface area contributed by atoms with Gasteiger partial charge in [-0.3, -0.25) is 0 Å². The maximum atomic E-state index is 14.0. The van der Waals surface area contributed by atoms with Crippen molar-refractivity contribution in [1.29, 1.82) is 0 Å². The summed E-state index contributed by atoms with van der Waals surface area (Å²) in [5.74, 6) is -0.415. The molecule has 0 heterocycles. The summed E-state index contributed by atoms with van der Waals surface area (Å²) in [5.41, 5.74) is 5.80. The Morgan fingerprint density at radius 2 is 2.11 bits per heavy atom. The maximum absolute atomic E-state index is 14.0. The van der Waals surface area contributed by atoms with Crippen LogP contribution >= 0.6 is 15.9 Å². The van der Waals surface area contributed by atoms with E-state index in [2.05, 4.69) is 15.9 Å². The van der Waals surface area contributed by atoms with E-state index in [0.29, 0.717) is 12.5 Å². The van der Waals surface area contributed by atoms with Crippen LogP contribution in [0.3, 0.4) is 0 Å². The Labute approximate surface area is 121 Å². The zero-order valence-electron chi connectivity index (χ0n) is 10.6. The summed E-state index contributed by atoms with van der Waals surface area (Å²) in [5, 5.41) is 0. The largest absolute Gasteiger partial charge is 0.399 e. The van der Waals surface area contributed by atoms with Crippen molar-refractivity contribution >= 4 is 31.6 Å². The standard InChI is InChI=1S/C12H16BrFN2O2S/c1-16(7-8-3-2-4-8)19(17,18)11-6-9(15)5-10(13)12(11)14/h5-6,8H,2-4,7,15H2,1H3. The maximum Gasteiger partial charge on any atom is 0.245 e. The van der Waals surface area contributed by atoms with Crippen LogP contribution in [-0.4, -0.2) is 26.3 Å². The van der Waals surface area contributed by atoms with Crippen molar-refractivity contribution in [3.8, 4) is 0 Å². The highest BCUT2D eigenvalue weighted by atomic mass is 79.9. The molecule has 2 rings (SSSR count). The average molecular weight is 351 g/mol. The van der Waals surface area contributed by atoms with E-state index in [4.69, 9.17) is 5.73 Å². The molecule has 0 amide bonds. The minimum Gasteiger partial charge on any atom is -0.399 e. The Kier molecular flexibility index (Phi) is 4.17. The SMILES string of the molecule is CN(CC1CCC1)S(=O)(=O)c1cc(N)cc(Br)c1F. The number of rotatable bonds is 4. The van der Waals surface area contributed by atoms with Crippen LogP contribution in [0.15, 0.2) is 21.5 Å². The number of benzene rings is 1. The molecule has 0 bridgehead atoms. The molecule has 4 nitrogen and oxygen atoms in total. The Bertz CT molecular complexity index is 588. The van der Waals surface area contributed by atoms with Gasteiger partial charge in [0.1, 0.15) is 4.90 Å². The molecule has 2 N–H and O–H groups in total. The molecule has 0 spiro atoms. The normalized spacial score (nSPS) is 16.6. The van der Waals surface area contributed by atoms with Gasteiger partial charge in [-0.2, -0.15) is 0 Å². The van der Waals surface area contributed by atoms with Gasteiger partial charge in [0.15, 0.2) is 5.82 Å². The summed E-state index contributed by atoms with van der Waals surface area (Å²) in [4.78, 5) is -0.374.